The molecule has 0 saturated heterocycles. The average Bonchev–Trinajstić information content (AvgIpc) is 3.03. The first-order chi connectivity index (χ1) is 7.58. The molecule has 1 aliphatic carbocycles. The molecule has 0 bridgehead atoms. The van der Waals surface area contributed by atoms with E-state index in [0.717, 1.165) is 18.4 Å². The SMILES string of the molecule is CC(C)c1ccc(NC(=O)C2CC2)c(F)c1. The summed E-state index contributed by atoms with van der Waals surface area (Å²) in [5, 5.41) is 2.62. The standard InChI is InChI=1S/C13H16FNO/c1-8(2)10-5-6-12(11(14)7-10)15-13(16)9-3-4-9/h5-9H,3-4H2,1-2H3,(H,15,16). The number of halogens is 1. The van der Waals surface area contributed by atoms with E-state index >= 15 is 0 Å². The van der Waals surface area contributed by atoms with Crippen molar-refractivity contribution < 1.29 is 9.18 Å². The van der Waals surface area contributed by atoms with Gasteiger partial charge in [0.25, 0.3) is 0 Å². The molecule has 1 saturated carbocycles. The molecule has 2 nitrogen and oxygen atoms in total. The summed E-state index contributed by atoms with van der Waals surface area (Å²) in [5.74, 6) is -0.0109. The van der Waals surface area contributed by atoms with E-state index in [4.69, 9.17) is 0 Å². The van der Waals surface area contributed by atoms with Crippen molar-refractivity contribution in [2.75, 3.05) is 5.32 Å². The Morgan fingerprint density at radius 2 is 2.12 bits per heavy atom. The lowest BCUT2D eigenvalue weighted by atomic mass is 10.0. The normalized spacial score (nSPS) is 15.2. The molecule has 2 rings (SSSR count). The molecule has 0 aromatic heterocycles. The van der Waals surface area contributed by atoms with E-state index in [-0.39, 0.29) is 17.6 Å². The van der Waals surface area contributed by atoms with Crippen LogP contribution in [0.1, 0.15) is 38.2 Å². The number of benzene rings is 1. The van der Waals surface area contributed by atoms with Crippen LogP contribution in [0.25, 0.3) is 0 Å². The van der Waals surface area contributed by atoms with E-state index in [1.54, 1.807) is 6.07 Å². The summed E-state index contributed by atoms with van der Waals surface area (Å²) in [4.78, 5) is 11.5. The summed E-state index contributed by atoms with van der Waals surface area (Å²) >= 11 is 0. The largest absolute Gasteiger partial charge is 0.323 e. The van der Waals surface area contributed by atoms with Gasteiger partial charge in [-0.15, -0.1) is 0 Å². The predicted molar refractivity (Wildman–Crippen MR) is 61.8 cm³/mol. The average molecular weight is 221 g/mol. The first kappa shape index (κ1) is 11.1. The van der Waals surface area contributed by atoms with Gasteiger partial charge in [0, 0.05) is 5.92 Å². The van der Waals surface area contributed by atoms with Crippen LogP contribution in [0.5, 0.6) is 0 Å². The van der Waals surface area contributed by atoms with Gasteiger partial charge >= 0.3 is 0 Å². The fraction of sp³-hybridized carbons (Fsp3) is 0.462. The van der Waals surface area contributed by atoms with E-state index in [0.29, 0.717) is 11.6 Å². The number of hydrogen-bond acceptors (Lipinski definition) is 1. The van der Waals surface area contributed by atoms with Crippen LogP contribution in [0, 0.1) is 11.7 Å². The molecule has 1 aromatic carbocycles. The fourth-order valence-corrected chi connectivity index (χ4v) is 1.57. The van der Waals surface area contributed by atoms with Crippen molar-refractivity contribution in [2.45, 2.75) is 32.6 Å². The molecule has 1 aromatic rings. The van der Waals surface area contributed by atoms with Gasteiger partial charge in [0.2, 0.25) is 5.91 Å². The van der Waals surface area contributed by atoms with Crippen LogP contribution in [0.15, 0.2) is 18.2 Å². The Labute approximate surface area is 94.9 Å². The van der Waals surface area contributed by atoms with Gasteiger partial charge in [-0.05, 0) is 36.5 Å². The fourth-order valence-electron chi connectivity index (χ4n) is 1.57. The summed E-state index contributed by atoms with van der Waals surface area (Å²) < 4.78 is 13.6. The molecular formula is C13H16FNO. The lowest BCUT2D eigenvalue weighted by Crippen LogP contribution is -2.14. The van der Waals surface area contributed by atoms with E-state index < -0.39 is 0 Å². The number of rotatable bonds is 3. The van der Waals surface area contributed by atoms with Crippen LogP contribution in [-0.4, -0.2) is 5.91 Å². The van der Waals surface area contributed by atoms with Gasteiger partial charge in [-0.25, -0.2) is 4.39 Å². The maximum absolute atomic E-state index is 13.6. The molecule has 16 heavy (non-hydrogen) atoms. The van der Waals surface area contributed by atoms with Gasteiger partial charge in [-0.1, -0.05) is 19.9 Å². The smallest absolute Gasteiger partial charge is 0.227 e. The summed E-state index contributed by atoms with van der Waals surface area (Å²) in [6.07, 6.45) is 1.86. The molecular weight excluding hydrogens is 205 g/mol. The van der Waals surface area contributed by atoms with E-state index in [1.165, 1.54) is 6.07 Å². The minimum absolute atomic E-state index is 0.0591. The molecule has 0 aliphatic heterocycles. The third-order valence-electron chi connectivity index (χ3n) is 2.87. The second kappa shape index (κ2) is 4.24. The van der Waals surface area contributed by atoms with Gasteiger partial charge in [-0.2, -0.15) is 0 Å². The van der Waals surface area contributed by atoms with E-state index in [9.17, 15) is 9.18 Å². The van der Waals surface area contributed by atoms with Crippen LogP contribution in [0.2, 0.25) is 0 Å². The number of carbonyl (C=O) groups excluding carboxylic acids is 1. The highest BCUT2D eigenvalue weighted by molar-refractivity contribution is 5.94. The second-order valence-electron chi connectivity index (χ2n) is 4.66. The molecule has 1 N–H and O–H groups in total. The van der Waals surface area contributed by atoms with E-state index in [2.05, 4.69) is 5.32 Å². The Balaban J connectivity index is 2.12. The predicted octanol–water partition coefficient (Wildman–Crippen LogP) is 3.30. The molecule has 1 fully saturated rings. The third kappa shape index (κ3) is 2.40. The number of hydrogen-bond donors (Lipinski definition) is 1. The molecule has 0 heterocycles. The summed E-state index contributed by atoms with van der Waals surface area (Å²) in [6, 6.07) is 4.99. The quantitative estimate of drug-likeness (QED) is 0.833. The molecule has 1 amide bonds. The maximum Gasteiger partial charge on any atom is 0.227 e. The van der Waals surface area contributed by atoms with Gasteiger partial charge in [-0.3, -0.25) is 4.79 Å². The van der Waals surface area contributed by atoms with Crippen molar-refractivity contribution in [3.63, 3.8) is 0 Å². The molecule has 86 valence electrons. The van der Waals surface area contributed by atoms with Crippen molar-refractivity contribution in [1.82, 2.24) is 0 Å². The first-order valence-electron chi connectivity index (χ1n) is 5.68. The summed E-state index contributed by atoms with van der Waals surface area (Å²) in [6.45, 7) is 4.02. The zero-order valence-corrected chi connectivity index (χ0v) is 9.59. The summed E-state index contributed by atoms with van der Waals surface area (Å²) in [7, 11) is 0. The minimum atomic E-state index is -0.347. The number of anilines is 1. The Hall–Kier alpha value is -1.38. The Kier molecular flexibility index (Phi) is 2.95. The molecule has 0 atom stereocenters. The first-order valence-corrected chi connectivity index (χ1v) is 5.68. The highest BCUT2D eigenvalue weighted by atomic mass is 19.1. The molecule has 1 aliphatic rings. The Bertz CT molecular complexity index is 410. The van der Waals surface area contributed by atoms with Crippen molar-refractivity contribution in [3.05, 3.63) is 29.6 Å². The van der Waals surface area contributed by atoms with Crippen LogP contribution < -0.4 is 5.32 Å². The molecule has 0 radical (unpaired) electrons. The van der Waals surface area contributed by atoms with E-state index in [1.807, 2.05) is 19.9 Å². The van der Waals surface area contributed by atoms with Crippen LogP contribution in [0.3, 0.4) is 0 Å². The number of carbonyl (C=O) groups is 1. The van der Waals surface area contributed by atoms with Crippen LogP contribution in [-0.2, 0) is 4.79 Å². The third-order valence-corrected chi connectivity index (χ3v) is 2.87. The van der Waals surface area contributed by atoms with Crippen molar-refractivity contribution in [2.24, 2.45) is 5.92 Å². The highest BCUT2D eigenvalue weighted by Gasteiger charge is 2.29. The van der Waals surface area contributed by atoms with Gasteiger partial charge in [0.05, 0.1) is 5.69 Å². The number of amides is 1. The molecule has 0 spiro atoms. The van der Waals surface area contributed by atoms with Gasteiger partial charge in [0.15, 0.2) is 0 Å². The summed E-state index contributed by atoms with van der Waals surface area (Å²) in [5.41, 5.74) is 1.24. The van der Waals surface area contributed by atoms with Crippen molar-refractivity contribution in [3.8, 4) is 0 Å². The highest BCUT2D eigenvalue weighted by Crippen LogP contribution is 2.31. The van der Waals surface area contributed by atoms with Crippen LogP contribution >= 0.6 is 0 Å². The Morgan fingerprint density at radius 3 is 2.62 bits per heavy atom. The zero-order valence-electron chi connectivity index (χ0n) is 9.59. The topological polar surface area (TPSA) is 29.1 Å². The lowest BCUT2D eigenvalue weighted by molar-refractivity contribution is -0.117. The molecule has 3 heteroatoms. The molecule has 0 unspecified atom stereocenters. The van der Waals surface area contributed by atoms with Crippen LogP contribution in [0.4, 0.5) is 10.1 Å². The second-order valence-corrected chi connectivity index (χ2v) is 4.66. The van der Waals surface area contributed by atoms with Gasteiger partial charge in [0.1, 0.15) is 5.82 Å². The van der Waals surface area contributed by atoms with Gasteiger partial charge < -0.3 is 5.32 Å². The van der Waals surface area contributed by atoms with Crippen molar-refractivity contribution in [1.29, 1.82) is 0 Å². The monoisotopic (exact) mass is 221 g/mol. The zero-order chi connectivity index (χ0) is 11.7. The number of nitrogens with one attached hydrogen (secondary N) is 1. The van der Waals surface area contributed by atoms with Crippen molar-refractivity contribution >= 4 is 11.6 Å². The lowest BCUT2D eigenvalue weighted by Gasteiger charge is -2.09. The Morgan fingerprint density at radius 1 is 1.44 bits per heavy atom. The maximum atomic E-state index is 13.6. The minimum Gasteiger partial charge on any atom is -0.323 e.